The molecule has 0 spiro atoms. The summed E-state index contributed by atoms with van der Waals surface area (Å²) in [6, 6.07) is 59.7. The molecule has 31 heteroatoms. The number of likely N-dealkylation sites (tertiary alicyclic amines) is 1. The summed E-state index contributed by atoms with van der Waals surface area (Å²) >= 11 is 18.1. The van der Waals surface area contributed by atoms with Crippen LogP contribution in [0.3, 0.4) is 0 Å². The van der Waals surface area contributed by atoms with Crippen LogP contribution >= 0.6 is 34.8 Å². The van der Waals surface area contributed by atoms with Crippen molar-refractivity contribution in [2.45, 2.75) is 195 Å². The van der Waals surface area contributed by atoms with Crippen LogP contribution in [0.25, 0.3) is 32.3 Å². The van der Waals surface area contributed by atoms with Gasteiger partial charge in [-0.15, -0.1) is 0 Å². The molecule has 4 saturated heterocycles. The van der Waals surface area contributed by atoms with Gasteiger partial charge in [-0.3, -0.25) is 53.2 Å². The van der Waals surface area contributed by atoms with E-state index >= 15 is 0 Å². The summed E-state index contributed by atoms with van der Waals surface area (Å²) in [5.41, 5.74) is 39.9. The number of halogens is 3. The molecular formula is C102H133Cl3N20O8. The summed E-state index contributed by atoms with van der Waals surface area (Å²) < 4.78 is 0. The minimum atomic E-state index is -0.745. The Balaban J connectivity index is 0.000000192. The Morgan fingerprint density at radius 3 is 1.34 bits per heavy atom. The number of rotatable bonds is 36. The summed E-state index contributed by atoms with van der Waals surface area (Å²) in [5.74, 6) is -1.07. The van der Waals surface area contributed by atoms with Gasteiger partial charge < -0.3 is 91.6 Å². The number of nitrogens with zero attached hydrogens (tertiary/aromatic N) is 6. The van der Waals surface area contributed by atoms with Crippen molar-refractivity contribution in [3.05, 3.63) is 249 Å². The third kappa shape index (κ3) is 30.6. The molecule has 0 radical (unpaired) electrons. The van der Waals surface area contributed by atoms with Crippen molar-refractivity contribution in [1.29, 1.82) is 0 Å². The molecule has 11 atom stereocenters. The van der Waals surface area contributed by atoms with Crippen LogP contribution in [-0.4, -0.2) is 231 Å². The average molecular weight is 1870 g/mol. The van der Waals surface area contributed by atoms with E-state index in [9.17, 15) is 38.4 Å². The molecule has 9 aromatic rings. The van der Waals surface area contributed by atoms with Crippen molar-refractivity contribution >= 4 is 126 Å². The average Bonchev–Trinajstić information content (AvgIpc) is 1.77. The summed E-state index contributed by atoms with van der Waals surface area (Å²) in [6.45, 7) is 12.7. The number of nitrogens with one attached hydrogen (secondary N) is 8. The second-order valence-corrected chi connectivity index (χ2v) is 37.1. The van der Waals surface area contributed by atoms with Gasteiger partial charge in [0.2, 0.25) is 41.4 Å². The maximum absolute atomic E-state index is 14.2. The number of likely N-dealkylation sites (N-methyl/N-ethyl adjacent to an activating group) is 2. The predicted octanol–water partition coefficient (Wildman–Crippen LogP) is 9.53. The number of hydrogen-bond donors (Lipinski definition) is 14. The van der Waals surface area contributed by atoms with Gasteiger partial charge in [0, 0.05) is 136 Å². The van der Waals surface area contributed by atoms with E-state index in [1.807, 2.05) is 140 Å². The number of nitrogens with two attached hydrogens (primary N) is 6. The van der Waals surface area contributed by atoms with E-state index in [1.165, 1.54) is 24.8 Å². The zero-order valence-electron chi connectivity index (χ0n) is 77.0. The highest BCUT2D eigenvalue weighted by Gasteiger charge is 2.42. The number of piperidine rings is 1. The van der Waals surface area contributed by atoms with Gasteiger partial charge >= 0.3 is 0 Å². The molecule has 4 heterocycles. The molecule has 0 bridgehead atoms. The molecule has 0 aromatic heterocycles. The molecule has 4 aliphatic heterocycles. The first kappa shape index (κ1) is 102. The van der Waals surface area contributed by atoms with Gasteiger partial charge in [0.05, 0.1) is 30.2 Å². The van der Waals surface area contributed by atoms with Crippen molar-refractivity contribution in [2.75, 3.05) is 86.1 Å². The third-order valence-electron chi connectivity index (χ3n) is 25.6. The maximum atomic E-state index is 14.2. The summed E-state index contributed by atoms with van der Waals surface area (Å²) in [6.07, 6.45) is 10.7. The summed E-state index contributed by atoms with van der Waals surface area (Å²) in [7, 11) is 3.16. The number of guanidine groups is 2. The van der Waals surface area contributed by atoms with Gasteiger partial charge in [0.15, 0.2) is 11.9 Å². The Morgan fingerprint density at radius 1 is 0.451 bits per heavy atom. The van der Waals surface area contributed by atoms with Crippen molar-refractivity contribution in [2.24, 2.45) is 44.4 Å². The van der Waals surface area contributed by atoms with E-state index in [0.29, 0.717) is 137 Å². The Kier molecular flexibility index (Phi) is 39.0. The van der Waals surface area contributed by atoms with Crippen LogP contribution in [0.4, 0.5) is 0 Å². The fraction of sp³-hybridized carbons (Fsp3) is 0.431. The van der Waals surface area contributed by atoms with Crippen LogP contribution in [0.15, 0.2) is 210 Å². The van der Waals surface area contributed by atoms with Gasteiger partial charge in [-0.25, -0.2) is 0 Å². The quantitative estimate of drug-likeness (QED) is 0.00986. The van der Waals surface area contributed by atoms with Crippen molar-refractivity contribution < 1.29 is 38.4 Å². The fourth-order valence-electron chi connectivity index (χ4n) is 18.1. The van der Waals surface area contributed by atoms with E-state index < -0.39 is 36.3 Å². The normalized spacial score (nSPS) is 19.1. The molecule has 0 saturated carbocycles. The van der Waals surface area contributed by atoms with Crippen molar-refractivity contribution in [1.82, 2.24) is 62.1 Å². The first-order valence-corrected chi connectivity index (χ1v) is 47.7. The fourth-order valence-corrected chi connectivity index (χ4v) is 18.6. The number of carbonyl (C=O) groups excluding carboxylic acids is 8. The molecule has 4 aliphatic rings. The smallest absolute Gasteiger partial charge is 0.251 e. The van der Waals surface area contributed by atoms with Crippen LogP contribution in [0.5, 0.6) is 0 Å². The van der Waals surface area contributed by atoms with Crippen LogP contribution in [0.1, 0.15) is 142 Å². The van der Waals surface area contributed by atoms with Gasteiger partial charge in [-0.2, -0.15) is 0 Å². The molecule has 0 unspecified atom stereocenters. The Hall–Kier alpha value is -11.3. The van der Waals surface area contributed by atoms with E-state index in [0.717, 1.165) is 86.9 Å². The van der Waals surface area contributed by atoms with Crippen molar-refractivity contribution in [3.63, 3.8) is 0 Å². The Labute approximate surface area is 796 Å². The summed E-state index contributed by atoms with van der Waals surface area (Å²) in [4.78, 5) is 124. The molecule has 9 aromatic carbocycles. The van der Waals surface area contributed by atoms with E-state index in [-0.39, 0.29) is 102 Å². The van der Waals surface area contributed by atoms with Gasteiger partial charge in [-0.05, 0) is 219 Å². The van der Waals surface area contributed by atoms with Gasteiger partial charge in [0.1, 0.15) is 12.1 Å². The van der Waals surface area contributed by atoms with Gasteiger partial charge in [0.25, 0.3) is 5.91 Å². The lowest BCUT2D eigenvalue weighted by molar-refractivity contribution is -0.141. The standard InChI is InChI=1S/C36H47ClN4O2.2C33H43ClN8O3/c1-4-26(27-11-7-5-8-12-27)25-40-20-17-32(39-33(35(40)43)23-36(2,3)41-18-9-6-10-19-41)24-38-34(42)30-14-13-29-22-31(37)16-15-28(29)21-30;2*1-38-31(44)29(19-22-8-11-23-5-2-3-6-24(23)17-22)42-16-14-26(41-28(32(42)45)7-4-15-39-33(36)37)20-40-30(43)27(35)18-21-9-12-25(34)13-10-21/h5,7-8,11-16,21-22,26,32-33,39H,4,6,9-10,17-20,23-25H2,1-3H3,(H,38,42);2*2-3,5-6,8-13,17,26-29,41H,4,7,14-16,18-20,35H2,1H3,(H,38,44)(H,40,43)(H4,36,37,39)/t26-,32-,33-;26-,27+,28+,29+;26-,27-,28+,29+/m111/s1. The summed E-state index contributed by atoms with van der Waals surface area (Å²) in [5, 5.41) is 33.4. The third-order valence-corrected chi connectivity index (χ3v) is 26.4. The van der Waals surface area contributed by atoms with E-state index in [2.05, 4.69) is 119 Å². The zero-order valence-corrected chi connectivity index (χ0v) is 79.3. The van der Waals surface area contributed by atoms with Gasteiger partial charge in [-0.1, -0.05) is 200 Å². The molecule has 20 N–H and O–H groups in total. The minimum absolute atomic E-state index is 0.00359. The molecule has 0 aliphatic carbocycles. The highest BCUT2D eigenvalue weighted by atomic mass is 35.5. The lowest BCUT2D eigenvalue weighted by atomic mass is 9.90. The lowest BCUT2D eigenvalue weighted by Gasteiger charge is -2.43. The SMILES string of the molecule is CC[C@H](CN1CC[C@H](CNC(=O)c2ccc3cc(Cl)ccc3c2)N[C@H](CC(C)(C)N2CCCCC2)C1=O)c1ccccc1.CNC(=O)[C@H](Cc1ccc2ccccc2c1)N1CC[C@H](CNC(=O)[C@@H](N)Cc2ccc(Cl)cc2)N[C@@H](CCCN=C(N)N)C1=O.CNC(=O)[C@H](Cc1ccc2ccccc2c1)N1CC[C@H](CNC(=O)[C@H](N)Cc2ccc(Cl)cc2)N[C@@H](CCCN=C(N)N)C1=O. The van der Waals surface area contributed by atoms with E-state index in [4.69, 9.17) is 69.2 Å². The number of benzene rings is 9. The first-order chi connectivity index (χ1) is 64.0. The zero-order chi connectivity index (χ0) is 95.1. The number of aliphatic imine (C=N–C) groups is 2. The number of carbonyl (C=O) groups is 8. The monoisotopic (exact) mass is 1870 g/mol. The van der Waals surface area contributed by atoms with Crippen molar-refractivity contribution in [3.8, 4) is 0 Å². The Bertz CT molecular complexity index is 5200. The topological polar surface area (TPSA) is 427 Å². The molecular weight excluding hydrogens is 1740 g/mol. The molecule has 710 valence electrons. The molecule has 13 rings (SSSR count). The lowest BCUT2D eigenvalue weighted by Crippen LogP contribution is -2.56. The number of amides is 8. The second kappa shape index (κ2) is 50.7. The molecule has 4 fully saturated rings. The van der Waals surface area contributed by atoms with Crippen LogP contribution in [0, 0.1) is 0 Å². The highest BCUT2D eigenvalue weighted by molar-refractivity contribution is 6.31. The van der Waals surface area contributed by atoms with E-state index in [1.54, 1.807) is 48.2 Å². The predicted molar refractivity (Wildman–Crippen MR) is 534 cm³/mol. The number of hydrogen-bond acceptors (Lipinski definition) is 16. The largest absolute Gasteiger partial charge is 0.370 e. The first-order valence-electron chi connectivity index (χ1n) is 46.5. The Morgan fingerprint density at radius 2 is 0.865 bits per heavy atom. The van der Waals surface area contributed by atoms with Crippen LogP contribution in [-0.2, 0) is 59.2 Å². The number of fused-ring (bicyclic) bond motifs is 3. The highest BCUT2D eigenvalue weighted by Crippen LogP contribution is 2.31. The van der Waals surface area contributed by atoms with Crippen LogP contribution < -0.4 is 76.9 Å². The molecule has 28 nitrogen and oxygen atoms in total. The molecule has 8 amide bonds. The second-order valence-electron chi connectivity index (χ2n) is 35.8. The van der Waals surface area contributed by atoms with Crippen LogP contribution in [0.2, 0.25) is 15.1 Å². The maximum Gasteiger partial charge on any atom is 0.251 e. The minimum Gasteiger partial charge on any atom is -0.370 e. The molecule has 133 heavy (non-hydrogen) atoms.